The van der Waals surface area contributed by atoms with Crippen LogP contribution in [0.1, 0.15) is 0 Å². The zero-order chi connectivity index (χ0) is 14.9. The van der Waals surface area contributed by atoms with Crippen molar-refractivity contribution in [1.29, 1.82) is 0 Å². The van der Waals surface area contributed by atoms with Crippen LogP contribution in [0.25, 0.3) is 38.3 Å². The third kappa shape index (κ3) is 1.83. The lowest BCUT2D eigenvalue weighted by molar-refractivity contribution is 0.835. The Kier molecular flexibility index (Phi) is 2.67. The summed E-state index contributed by atoms with van der Waals surface area (Å²) in [4.78, 5) is 7.31. The third-order valence-electron chi connectivity index (χ3n) is 3.34. The molecule has 0 radical (unpaired) electrons. The molecule has 0 aliphatic carbocycles. The molecule has 1 aromatic carbocycles. The minimum absolute atomic E-state index is 0.296. The quantitative estimate of drug-likeness (QED) is 0.320. The highest BCUT2D eigenvalue weighted by Crippen LogP contribution is 2.31. The van der Waals surface area contributed by atoms with Crippen LogP contribution in [0.2, 0.25) is 0 Å². The summed E-state index contributed by atoms with van der Waals surface area (Å²) >= 11 is 0. The molecule has 0 spiro atoms. The van der Waals surface area contributed by atoms with Crippen LogP contribution in [-0.2, 0) is 0 Å². The smallest absolute Gasteiger partial charge is 0.181 e. The monoisotopic (exact) mass is 288 g/mol. The molecule has 3 heterocycles. The van der Waals surface area contributed by atoms with E-state index in [4.69, 9.17) is 5.53 Å². The largest absolute Gasteiger partial charge is 0.226 e. The van der Waals surface area contributed by atoms with Crippen molar-refractivity contribution in [2.24, 2.45) is 5.11 Å². The van der Waals surface area contributed by atoms with Crippen LogP contribution in [0.15, 0.2) is 53.6 Å². The number of azide groups is 1. The van der Waals surface area contributed by atoms with Gasteiger partial charge in [0.05, 0.1) is 0 Å². The first-order valence-corrected chi connectivity index (χ1v) is 6.49. The molecule has 104 valence electrons. The Balaban J connectivity index is 2.10. The van der Waals surface area contributed by atoms with Gasteiger partial charge in [0.1, 0.15) is 5.82 Å². The second-order valence-corrected chi connectivity index (χ2v) is 4.61. The zero-order valence-electron chi connectivity index (χ0n) is 11.2. The summed E-state index contributed by atoms with van der Waals surface area (Å²) in [5.41, 5.74) is 11.6. The normalized spacial score (nSPS) is 10.7. The Labute approximate surface area is 123 Å². The molecule has 0 unspecified atom stereocenters. The van der Waals surface area contributed by atoms with E-state index in [2.05, 4.69) is 30.5 Å². The van der Waals surface area contributed by atoms with Crippen LogP contribution in [0.4, 0.5) is 5.82 Å². The molecule has 0 fully saturated rings. The number of hydrogen-bond donors (Lipinski definition) is 0. The van der Waals surface area contributed by atoms with Crippen LogP contribution >= 0.6 is 0 Å². The minimum atomic E-state index is 0.296. The predicted molar refractivity (Wildman–Crippen MR) is 80.3 cm³/mol. The molecular formula is C14H8N8. The van der Waals surface area contributed by atoms with Gasteiger partial charge in [-0.05, 0) is 44.8 Å². The van der Waals surface area contributed by atoms with Crippen molar-refractivity contribution in [3.05, 3.63) is 59.0 Å². The second kappa shape index (κ2) is 4.80. The van der Waals surface area contributed by atoms with E-state index < -0.39 is 0 Å². The molecule has 0 aliphatic heterocycles. The van der Waals surface area contributed by atoms with E-state index in [0.717, 1.165) is 16.5 Å². The summed E-state index contributed by atoms with van der Waals surface area (Å²) in [5, 5.41) is 16.0. The van der Waals surface area contributed by atoms with Gasteiger partial charge in [0.2, 0.25) is 0 Å². The van der Waals surface area contributed by atoms with E-state index in [1.807, 2.05) is 48.5 Å². The highest BCUT2D eigenvalue weighted by Gasteiger charge is 2.11. The minimum Gasteiger partial charge on any atom is -0.226 e. The SMILES string of the molecule is [N-]=[N+]=Nc1nc2c(ccc3nnnn32)cc1-c1ccccc1. The van der Waals surface area contributed by atoms with Gasteiger partial charge in [0.15, 0.2) is 11.3 Å². The number of aromatic nitrogens is 5. The number of benzene rings is 1. The third-order valence-corrected chi connectivity index (χ3v) is 3.34. The predicted octanol–water partition coefficient (Wildman–Crippen LogP) is 3.28. The zero-order valence-corrected chi connectivity index (χ0v) is 11.2. The maximum absolute atomic E-state index is 8.81. The summed E-state index contributed by atoms with van der Waals surface area (Å²) in [6.45, 7) is 0. The molecule has 0 bridgehead atoms. The number of tetrazole rings is 1. The molecule has 0 saturated carbocycles. The highest BCUT2D eigenvalue weighted by molar-refractivity contribution is 5.87. The van der Waals surface area contributed by atoms with Gasteiger partial charge in [-0.2, -0.15) is 4.52 Å². The molecule has 4 aromatic rings. The van der Waals surface area contributed by atoms with E-state index in [1.165, 1.54) is 4.52 Å². The van der Waals surface area contributed by atoms with Gasteiger partial charge in [0.25, 0.3) is 0 Å². The van der Waals surface area contributed by atoms with Gasteiger partial charge in [-0.15, -0.1) is 5.10 Å². The standard InChI is InChI=1S/C14H8N8/c15-19-18-13-11(9-4-2-1-3-5-9)8-10-6-7-12-17-20-21-22(12)14(10)16-13/h1-8H. The Bertz CT molecular complexity index is 1030. The van der Waals surface area contributed by atoms with E-state index in [-0.39, 0.29) is 0 Å². The molecule has 3 aromatic heterocycles. The molecule has 0 aliphatic rings. The highest BCUT2D eigenvalue weighted by atomic mass is 15.5. The Morgan fingerprint density at radius 3 is 2.77 bits per heavy atom. The maximum atomic E-state index is 8.81. The van der Waals surface area contributed by atoms with Crippen molar-refractivity contribution < 1.29 is 0 Å². The lowest BCUT2D eigenvalue weighted by atomic mass is 10.1. The molecule has 22 heavy (non-hydrogen) atoms. The lowest BCUT2D eigenvalue weighted by Crippen LogP contribution is -1.95. The number of rotatable bonds is 2. The first kappa shape index (κ1) is 12.2. The molecule has 0 N–H and O–H groups in total. The van der Waals surface area contributed by atoms with Gasteiger partial charge in [-0.1, -0.05) is 30.3 Å². The summed E-state index contributed by atoms with van der Waals surface area (Å²) in [5.74, 6) is 0.296. The van der Waals surface area contributed by atoms with E-state index >= 15 is 0 Å². The van der Waals surface area contributed by atoms with Crippen molar-refractivity contribution in [2.75, 3.05) is 0 Å². The number of nitrogens with zero attached hydrogens (tertiary/aromatic N) is 8. The number of pyridine rings is 2. The van der Waals surface area contributed by atoms with Crippen LogP contribution in [0.3, 0.4) is 0 Å². The van der Waals surface area contributed by atoms with Crippen LogP contribution in [0.5, 0.6) is 0 Å². The van der Waals surface area contributed by atoms with Crippen molar-refractivity contribution in [1.82, 2.24) is 25.0 Å². The van der Waals surface area contributed by atoms with E-state index in [9.17, 15) is 0 Å². The van der Waals surface area contributed by atoms with Crippen LogP contribution < -0.4 is 0 Å². The van der Waals surface area contributed by atoms with E-state index in [1.54, 1.807) is 0 Å². The molecule has 8 heteroatoms. The molecule has 0 atom stereocenters. The van der Waals surface area contributed by atoms with Gasteiger partial charge in [0, 0.05) is 15.9 Å². The number of fused-ring (bicyclic) bond motifs is 3. The Hall–Kier alpha value is -3.51. The molecule has 0 saturated heterocycles. The lowest BCUT2D eigenvalue weighted by Gasteiger charge is -2.07. The fourth-order valence-corrected chi connectivity index (χ4v) is 2.36. The average Bonchev–Trinajstić information content (AvgIpc) is 3.04. The Morgan fingerprint density at radius 1 is 1.09 bits per heavy atom. The molecular weight excluding hydrogens is 280 g/mol. The van der Waals surface area contributed by atoms with Crippen molar-refractivity contribution in [3.63, 3.8) is 0 Å². The summed E-state index contributed by atoms with van der Waals surface area (Å²) in [6, 6.07) is 15.3. The molecule has 0 amide bonds. The van der Waals surface area contributed by atoms with Crippen molar-refractivity contribution >= 4 is 22.5 Å². The van der Waals surface area contributed by atoms with Crippen LogP contribution in [0, 0.1) is 0 Å². The van der Waals surface area contributed by atoms with Gasteiger partial charge in [-0.25, -0.2) is 4.98 Å². The topological polar surface area (TPSA) is 105 Å². The average molecular weight is 288 g/mol. The van der Waals surface area contributed by atoms with Crippen molar-refractivity contribution in [2.45, 2.75) is 0 Å². The van der Waals surface area contributed by atoms with Gasteiger partial charge >= 0.3 is 0 Å². The van der Waals surface area contributed by atoms with E-state index in [0.29, 0.717) is 17.1 Å². The second-order valence-electron chi connectivity index (χ2n) is 4.61. The summed E-state index contributed by atoms with van der Waals surface area (Å²) in [6.07, 6.45) is 0. The maximum Gasteiger partial charge on any atom is 0.181 e. The first-order valence-electron chi connectivity index (χ1n) is 6.49. The van der Waals surface area contributed by atoms with Crippen LogP contribution in [-0.4, -0.2) is 25.0 Å². The fraction of sp³-hybridized carbons (Fsp3) is 0. The number of hydrogen-bond acceptors (Lipinski definition) is 5. The van der Waals surface area contributed by atoms with Crippen molar-refractivity contribution in [3.8, 4) is 11.1 Å². The molecule has 8 nitrogen and oxygen atoms in total. The van der Waals surface area contributed by atoms with Gasteiger partial charge < -0.3 is 0 Å². The first-order chi connectivity index (χ1) is 10.9. The Morgan fingerprint density at radius 2 is 1.95 bits per heavy atom. The fourth-order valence-electron chi connectivity index (χ4n) is 2.36. The van der Waals surface area contributed by atoms with Gasteiger partial charge in [-0.3, -0.25) is 0 Å². The molecule has 4 rings (SSSR count). The summed E-state index contributed by atoms with van der Waals surface area (Å²) < 4.78 is 1.51. The summed E-state index contributed by atoms with van der Waals surface area (Å²) in [7, 11) is 0.